The van der Waals surface area contributed by atoms with Gasteiger partial charge in [-0.25, -0.2) is 9.78 Å². The second-order valence-electron chi connectivity index (χ2n) is 5.88. The Kier molecular flexibility index (Phi) is 6.06. The Balaban J connectivity index is 1.65. The van der Waals surface area contributed by atoms with Crippen LogP contribution in [0.4, 0.5) is 4.79 Å². The highest BCUT2D eigenvalue weighted by Crippen LogP contribution is 2.35. The van der Waals surface area contributed by atoms with Crippen LogP contribution in [0.3, 0.4) is 0 Å². The summed E-state index contributed by atoms with van der Waals surface area (Å²) in [4.78, 5) is 17.8. The first-order valence-electron chi connectivity index (χ1n) is 8.24. The summed E-state index contributed by atoms with van der Waals surface area (Å²) in [5.74, 6) is 0. The molecule has 1 heterocycles. The molecule has 0 spiro atoms. The normalized spacial score (nSPS) is 11.8. The molecule has 0 aliphatic carbocycles. The van der Waals surface area contributed by atoms with Crippen molar-refractivity contribution in [2.75, 3.05) is 0 Å². The first-order valence-corrected chi connectivity index (χ1v) is 9.85. The Morgan fingerprint density at radius 2 is 1.88 bits per heavy atom. The second-order valence-corrected chi connectivity index (χ2v) is 7.76. The van der Waals surface area contributed by atoms with Crippen LogP contribution in [0.15, 0.2) is 59.1 Å². The Labute approximate surface area is 165 Å². The maximum Gasteiger partial charge on any atom is 0.407 e. The molecule has 4 nitrogen and oxygen atoms in total. The quantitative estimate of drug-likeness (QED) is 0.550. The van der Waals surface area contributed by atoms with Crippen LogP contribution in [0.2, 0.25) is 0 Å². The van der Waals surface area contributed by atoms with Gasteiger partial charge in [-0.2, -0.15) is 0 Å². The Morgan fingerprint density at radius 1 is 1.19 bits per heavy atom. The molecule has 1 amide bonds. The van der Waals surface area contributed by atoms with Gasteiger partial charge in [-0.3, -0.25) is 0 Å². The fourth-order valence-electron chi connectivity index (χ4n) is 2.57. The predicted octanol–water partition coefficient (Wildman–Crippen LogP) is 5.87. The number of halogens is 1. The molecule has 0 saturated carbocycles. The van der Waals surface area contributed by atoms with E-state index in [-0.39, 0.29) is 12.6 Å². The van der Waals surface area contributed by atoms with Gasteiger partial charge in [-0.15, -0.1) is 11.3 Å². The number of ether oxygens (including phenoxy) is 1. The molecule has 134 valence electrons. The summed E-state index contributed by atoms with van der Waals surface area (Å²) in [7, 11) is 0. The first-order chi connectivity index (χ1) is 12.5. The van der Waals surface area contributed by atoms with Gasteiger partial charge in [-0.05, 0) is 25.5 Å². The molecule has 3 aromatic rings. The van der Waals surface area contributed by atoms with Crippen LogP contribution in [-0.2, 0) is 11.3 Å². The summed E-state index contributed by atoms with van der Waals surface area (Å²) in [6.45, 7) is 4.15. The lowest BCUT2D eigenvalue weighted by molar-refractivity contribution is 0.136. The van der Waals surface area contributed by atoms with Crippen LogP contribution >= 0.6 is 27.3 Å². The molecule has 1 aromatic heterocycles. The van der Waals surface area contributed by atoms with Crippen molar-refractivity contribution >= 4 is 33.4 Å². The van der Waals surface area contributed by atoms with Gasteiger partial charge in [0.2, 0.25) is 0 Å². The molecule has 0 saturated heterocycles. The lowest BCUT2D eigenvalue weighted by Crippen LogP contribution is -2.27. The highest BCUT2D eigenvalue weighted by Gasteiger charge is 2.18. The van der Waals surface area contributed by atoms with Gasteiger partial charge in [0.1, 0.15) is 11.6 Å². The van der Waals surface area contributed by atoms with E-state index in [1.807, 2.05) is 68.4 Å². The van der Waals surface area contributed by atoms with Crippen LogP contribution < -0.4 is 5.32 Å². The summed E-state index contributed by atoms with van der Waals surface area (Å²) in [5.41, 5.74) is 2.92. The molecule has 26 heavy (non-hydrogen) atoms. The summed E-state index contributed by atoms with van der Waals surface area (Å²) in [6.07, 6.45) is -0.434. The zero-order valence-corrected chi connectivity index (χ0v) is 16.9. The van der Waals surface area contributed by atoms with Crippen molar-refractivity contribution < 1.29 is 9.53 Å². The number of aryl methyl sites for hydroxylation is 1. The smallest absolute Gasteiger partial charge is 0.407 e. The van der Waals surface area contributed by atoms with Crippen LogP contribution in [0.25, 0.3) is 10.6 Å². The number of nitrogens with zero attached hydrogens (tertiary/aromatic N) is 1. The molecule has 3 rings (SSSR count). The summed E-state index contributed by atoms with van der Waals surface area (Å²) in [6, 6.07) is 17.4. The van der Waals surface area contributed by atoms with Crippen molar-refractivity contribution in [2.45, 2.75) is 26.5 Å². The third-order valence-corrected chi connectivity index (χ3v) is 5.94. The number of hydrogen-bond donors (Lipinski definition) is 1. The predicted molar refractivity (Wildman–Crippen MR) is 108 cm³/mol. The van der Waals surface area contributed by atoms with Gasteiger partial charge < -0.3 is 10.1 Å². The van der Waals surface area contributed by atoms with E-state index < -0.39 is 6.09 Å². The van der Waals surface area contributed by atoms with E-state index >= 15 is 0 Å². The average Bonchev–Trinajstić information content (AvgIpc) is 3.03. The lowest BCUT2D eigenvalue weighted by Gasteiger charge is -2.13. The van der Waals surface area contributed by atoms with E-state index in [0.717, 1.165) is 31.2 Å². The van der Waals surface area contributed by atoms with E-state index in [2.05, 4.69) is 26.2 Å². The molecule has 0 aliphatic heterocycles. The van der Waals surface area contributed by atoms with Gasteiger partial charge >= 0.3 is 6.09 Å². The van der Waals surface area contributed by atoms with Crippen molar-refractivity contribution in [3.05, 3.63) is 75.2 Å². The van der Waals surface area contributed by atoms with Crippen molar-refractivity contribution in [1.82, 2.24) is 10.3 Å². The molecule has 2 aromatic carbocycles. The van der Waals surface area contributed by atoms with Gasteiger partial charge in [-0.1, -0.05) is 64.5 Å². The minimum atomic E-state index is -0.434. The van der Waals surface area contributed by atoms with E-state index in [4.69, 9.17) is 4.74 Å². The zero-order valence-electron chi connectivity index (χ0n) is 14.5. The van der Waals surface area contributed by atoms with Crippen LogP contribution in [0, 0.1) is 6.92 Å². The van der Waals surface area contributed by atoms with Crippen molar-refractivity contribution in [3.8, 4) is 10.6 Å². The molecular formula is C20H19BrN2O2S. The summed E-state index contributed by atoms with van der Waals surface area (Å²) >= 11 is 5.14. The van der Waals surface area contributed by atoms with Crippen molar-refractivity contribution in [3.63, 3.8) is 0 Å². The van der Waals surface area contributed by atoms with Crippen molar-refractivity contribution in [1.29, 1.82) is 0 Å². The molecular weight excluding hydrogens is 412 g/mol. The third kappa shape index (κ3) is 4.51. The van der Waals surface area contributed by atoms with Crippen molar-refractivity contribution in [2.24, 2.45) is 0 Å². The molecule has 1 atom stereocenters. The minimum absolute atomic E-state index is 0.174. The SMILES string of the molecule is Cc1nc(-c2ccccc2Br)sc1C(C)NC(=O)OCc1ccccc1. The Hall–Kier alpha value is -2.18. The molecule has 0 fully saturated rings. The minimum Gasteiger partial charge on any atom is -0.445 e. The number of thiazole rings is 1. The van der Waals surface area contributed by atoms with Gasteiger partial charge in [0, 0.05) is 10.0 Å². The monoisotopic (exact) mass is 430 g/mol. The number of carbonyl (C=O) groups is 1. The largest absolute Gasteiger partial charge is 0.445 e. The fourth-order valence-corrected chi connectivity index (χ4v) is 4.28. The maximum atomic E-state index is 12.1. The number of rotatable bonds is 5. The van der Waals surface area contributed by atoms with Gasteiger partial charge in [0.05, 0.1) is 16.6 Å². The number of nitrogens with one attached hydrogen (secondary N) is 1. The summed E-state index contributed by atoms with van der Waals surface area (Å²) in [5, 5.41) is 3.81. The second kappa shape index (κ2) is 8.47. The van der Waals surface area contributed by atoms with E-state index in [1.54, 1.807) is 11.3 Å². The lowest BCUT2D eigenvalue weighted by atomic mass is 10.2. The van der Waals surface area contributed by atoms with Gasteiger partial charge in [0.25, 0.3) is 0 Å². The van der Waals surface area contributed by atoms with E-state index in [1.165, 1.54) is 0 Å². The topological polar surface area (TPSA) is 51.2 Å². The van der Waals surface area contributed by atoms with E-state index in [9.17, 15) is 4.79 Å². The third-order valence-electron chi connectivity index (χ3n) is 3.88. The molecule has 6 heteroatoms. The molecule has 1 unspecified atom stereocenters. The zero-order chi connectivity index (χ0) is 18.5. The Morgan fingerprint density at radius 3 is 2.62 bits per heavy atom. The molecule has 0 radical (unpaired) electrons. The number of alkyl carbamates (subject to hydrolysis) is 1. The number of amides is 1. The first kappa shape index (κ1) is 18.6. The standard InChI is InChI=1S/C20H19BrN2O2S/c1-13-18(26-19(22-13)16-10-6-7-11-17(16)21)14(2)23-20(24)25-12-15-8-4-3-5-9-15/h3-11,14H,12H2,1-2H3,(H,23,24). The maximum absolute atomic E-state index is 12.1. The number of hydrogen-bond acceptors (Lipinski definition) is 4. The number of aromatic nitrogens is 1. The molecule has 1 N–H and O–H groups in total. The molecule has 0 bridgehead atoms. The van der Waals surface area contributed by atoms with Crippen LogP contribution in [0.1, 0.15) is 29.1 Å². The Bertz CT molecular complexity index is 896. The average molecular weight is 431 g/mol. The number of carbonyl (C=O) groups excluding carboxylic acids is 1. The summed E-state index contributed by atoms with van der Waals surface area (Å²) < 4.78 is 6.30. The number of benzene rings is 2. The van der Waals surface area contributed by atoms with Crippen LogP contribution in [0.5, 0.6) is 0 Å². The van der Waals surface area contributed by atoms with Crippen LogP contribution in [-0.4, -0.2) is 11.1 Å². The fraction of sp³-hybridized carbons (Fsp3) is 0.200. The highest BCUT2D eigenvalue weighted by atomic mass is 79.9. The van der Waals surface area contributed by atoms with E-state index in [0.29, 0.717) is 0 Å². The van der Waals surface area contributed by atoms with Gasteiger partial charge in [0.15, 0.2) is 0 Å². The molecule has 0 aliphatic rings. The highest BCUT2D eigenvalue weighted by molar-refractivity contribution is 9.10.